The zero-order chi connectivity index (χ0) is 13.8. The number of pyridine rings is 1. The first kappa shape index (κ1) is 13.5. The van der Waals surface area contributed by atoms with Gasteiger partial charge in [0.15, 0.2) is 0 Å². The van der Waals surface area contributed by atoms with Crippen molar-refractivity contribution in [1.29, 1.82) is 0 Å². The normalized spacial score (nSPS) is 10.2. The minimum Gasteiger partial charge on any atom is -0.384 e. The van der Waals surface area contributed by atoms with E-state index in [1.54, 1.807) is 18.2 Å². The highest BCUT2D eigenvalue weighted by molar-refractivity contribution is 9.10. The molecule has 0 aliphatic rings. The van der Waals surface area contributed by atoms with E-state index in [0.29, 0.717) is 11.5 Å². The highest BCUT2D eigenvalue weighted by atomic mass is 79.9. The van der Waals surface area contributed by atoms with Crippen LogP contribution in [0.3, 0.4) is 0 Å². The number of rotatable bonds is 3. The number of aryl methyl sites for hydroxylation is 1. The van der Waals surface area contributed by atoms with Gasteiger partial charge in [0.25, 0.3) is 5.91 Å². The lowest BCUT2D eigenvalue weighted by Gasteiger charge is -2.10. The van der Waals surface area contributed by atoms with Gasteiger partial charge in [0.1, 0.15) is 11.5 Å². The van der Waals surface area contributed by atoms with Crippen LogP contribution in [0.1, 0.15) is 23.0 Å². The quantitative estimate of drug-likeness (QED) is 0.912. The van der Waals surface area contributed by atoms with Crippen molar-refractivity contribution in [3.05, 3.63) is 52.1 Å². The molecule has 1 aromatic carbocycles. The molecule has 0 atom stereocenters. The van der Waals surface area contributed by atoms with E-state index in [9.17, 15) is 4.79 Å². The number of carbonyl (C=O) groups is 1. The maximum Gasteiger partial charge on any atom is 0.274 e. The van der Waals surface area contributed by atoms with Crippen LogP contribution in [0.15, 0.2) is 40.9 Å². The summed E-state index contributed by atoms with van der Waals surface area (Å²) in [4.78, 5) is 16.1. The zero-order valence-corrected chi connectivity index (χ0v) is 12.1. The van der Waals surface area contributed by atoms with Crippen LogP contribution in [0.25, 0.3) is 0 Å². The third kappa shape index (κ3) is 3.32. The molecule has 98 valence electrons. The fourth-order valence-corrected chi connectivity index (χ4v) is 2.15. The standard InChI is InChI=1S/C14H14BrN3O/c1-2-9-8-10(15)6-7-11(9)18-14(19)12-4-3-5-13(16)17-12/h3-8H,2H2,1H3,(H2,16,17)(H,18,19). The number of nitrogens with zero attached hydrogens (tertiary/aromatic N) is 1. The van der Waals surface area contributed by atoms with Crippen molar-refractivity contribution in [2.24, 2.45) is 0 Å². The van der Waals surface area contributed by atoms with E-state index in [-0.39, 0.29) is 5.91 Å². The predicted molar refractivity (Wildman–Crippen MR) is 80.1 cm³/mol. The Labute approximate surface area is 120 Å². The van der Waals surface area contributed by atoms with Crippen LogP contribution >= 0.6 is 15.9 Å². The Hall–Kier alpha value is -1.88. The van der Waals surface area contributed by atoms with Crippen LogP contribution in [0.4, 0.5) is 11.5 Å². The average molecular weight is 320 g/mol. The van der Waals surface area contributed by atoms with Gasteiger partial charge >= 0.3 is 0 Å². The molecule has 0 saturated heterocycles. The number of halogens is 1. The van der Waals surface area contributed by atoms with E-state index in [1.165, 1.54) is 0 Å². The molecule has 0 unspecified atom stereocenters. The molecule has 3 N–H and O–H groups in total. The van der Waals surface area contributed by atoms with Crippen molar-refractivity contribution in [2.45, 2.75) is 13.3 Å². The van der Waals surface area contributed by atoms with Gasteiger partial charge in [-0.05, 0) is 42.3 Å². The maximum atomic E-state index is 12.1. The van der Waals surface area contributed by atoms with Gasteiger partial charge in [-0.15, -0.1) is 0 Å². The van der Waals surface area contributed by atoms with E-state index in [0.717, 1.165) is 22.1 Å². The minimum atomic E-state index is -0.260. The fourth-order valence-electron chi connectivity index (χ4n) is 1.74. The average Bonchev–Trinajstić information content (AvgIpc) is 2.40. The maximum absolute atomic E-state index is 12.1. The third-order valence-corrected chi connectivity index (χ3v) is 3.19. The summed E-state index contributed by atoms with van der Waals surface area (Å²) < 4.78 is 0.990. The molecule has 19 heavy (non-hydrogen) atoms. The van der Waals surface area contributed by atoms with Crippen molar-refractivity contribution in [3.8, 4) is 0 Å². The highest BCUT2D eigenvalue weighted by Crippen LogP contribution is 2.22. The fraction of sp³-hybridized carbons (Fsp3) is 0.143. The molecule has 5 heteroatoms. The molecule has 2 rings (SSSR count). The summed E-state index contributed by atoms with van der Waals surface area (Å²) in [5, 5.41) is 2.85. The first-order chi connectivity index (χ1) is 9.10. The predicted octanol–water partition coefficient (Wildman–Crippen LogP) is 3.24. The number of amides is 1. The molecule has 1 heterocycles. The molecule has 2 aromatic rings. The number of hydrogen-bond acceptors (Lipinski definition) is 3. The molecular formula is C14H14BrN3O. The van der Waals surface area contributed by atoms with Crippen molar-refractivity contribution in [3.63, 3.8) is 0 Å². The van der Waals surface area contributed by atoms with Crippen molar-refractivity contribution < 1.29 is 4.79 Å². The van der Waals surface area contributed by atoms with E-state index in [2.05, 4.69) is 26.2 Å². The molecule has 4 nitrogen and oxygen atoms in total. The van der Waals surface area contributed by atoms with Gasteiger partial charge in [-0.2, -0.15) is 0 Å². The van der Waals surface area contributed by atoms with E-state index < -0.39 is 0 Å². The molecule has 1 aromatic heterocycles. The molecular weight excluding hydrogens is 306 g/mol. The number of hydrogen-bond donors (Lipinski definition) is 2. The Kier molecular flexibility index (Phi) is 4.16. The van der Waals surface area contributed by atoms with Crippen LogP contribution in [0.5, 0.6) is 0 Å². The van der Waals surface area contributed by atoms with Gasteiger partial charge in [0.2, 0.25) is 0 Å². The zero-order valence-electron chi connectivity index (χ0n) is 10.5. The van der Waals surface area contributed by atoms with Crippen LogP contribution in [0.2, 0.25) is 0 Å². The van der Waals surface area contributed by atoms with Gasteiger partial charge in [-0.1, -0.05) is 28.9 Å². The Morgan fingerprint density at radius 2 is 2.16 bits per heavy atom. The lowest BCUT2D eigenvalue weighted by atomic mass is 10.1. The smallest absolute Gasteiger partial charge is 0.274 e. The summed E-state index contributed by atoms with van der Waals surface area (Å²) in [7, 11) is 0. The molecule has 1 amide bonds. The Morgan fingerprint density at radius 1 is 1.37 bits per heavy atom. The number of benzene rings is 1. The van der Waals surface area contributed by atoms with Crippen LogP contribution in [-0.4, -0.2) is 10.9 Å². The first-order valence-corrected chi connectivity index (χ1v) is 6.71. The van der Waals surface area contributed by atoms with Gasteiger partial charge in [0, 0.05) is 10.2 Å². The molecule has 0 saturated carbocycles. The number of nitrogen functional groups attached to an aromatic ring is 1. The van der Waals surface area contributed by atoms with Crippen molar-refractivity contribution >= 4 is 33.3 Å². The minimum absolute atomic E-state index is 0.260. The van der Waals surface area contributed by atoms with E-state index >= 15 is 0 Å². The van der Waals surface area contributed by atoms with Crippen LogP contribution in [-0.2, 0) is 6.42 Å². The van der Waals surface area contributed by atoms with Gasteiger partial charge in [-0.3, -0.25) is 4.79 Å². The summed E-state index contributed by atoms with van der Waals surface area (Å²) in [6.45, 7) is 2.04. The molecule has 0 radical (unpaired) electrons. The summed E-state index contributed by atoms with van der Waals surface area (Å²) in [6, 6.07) is 10.7. The number of nitrogens with one attached hydrogen (secondary N) is 1. The lowest BCUT2D eigenvalue weighted by Crippen LogP contribution is -2.15. The number of anilines is 2. The van der Waals surface area contributed by atoms with Crippen LogP contribution < -0.4 is 11.1 Å². The molecule has 0 aliphatic heterocycles. The van der Waals surface area contributed by atoms with Gasteiger partial charge in [0.05, 0.1) is 0 Å². The summed E-state index contributed by atoms with van der Waals surface area (Å²) in [6.07, 6.45) is 0.833. The Morgan fingerprint density at radius 3 is 2.84 bits per heavy atom. The number of nitrogens with two attached hydrogens (primary N) is 1. The van der Waals surface area contributed by atoms with Crippen molar-refractivity contribution in [1.82, 2.24) is 4.98 Å². The summed E-state index contributed by atoms with van der Waals surface area (Å²) >= 11 is 3.42. The number of aromatic nitrogens is 1. The third-order valence-electron chi connectivity index (χ3n) is 2.70. The molecule has 0 fully saturated rings. The Bertz CT molecular complexity index is 613. The first-order valence-electron chi connectivity index (χ1n) is 5.92. The molecule has 0 bridgehead atoms. The lowest BCUT2D eigenvalue weighted by molar-refractivity contribution is 0.102. The van der Waals surface area contributed by atoms with Crippen LogP contribution in [0, 0.1) is 0 Å². The SMILES string of the molecule is CCc1cc(Br)ccc1NC(=O)c1cccc(N)n1. The summed E-state index contributed by atoms with van der Waals surface area (Å²) in [5.41, 5.74) is 7.73. The van der Waals surface area contributed by atoms with Crippen molar-refractivity contribution in [2.75, 3.05) is 11.1 Å². The second kappa shape index (κ2) is 5.84. The van der Waals surface area contributed by atoms with E-state index in [4.69, 9.17) is 5.73 Å². The molecule has 0 spiro atoms. The van der Waals surface area contributed by atoms with Gasteiger partial charge in [-0.25, -0.2) is 4.98 Å². The second-order valence-electron chi connectivity index (χ2n) is 4.06. The topological polar surface area (TPSA) is 68.0 Å². The van der Waals surface area contributed by atoms with Gasteiger partial charge < -0.3 is 11.1 Å². The second-order valence-corrected chi connectivity index (χ2v) is 4.97. The Balaban J connectivity index is 2.24. The molecule has 0 aliphatic carbocycles. The largest absolute Gasteiger partial charge is 0.384 e. The summed E-state index contributed by atoms with van der Waals surface area (Å²) in [5.74, 6) is 0.0727. The highest BCUT2D eigenvalue weighted by Gasteiger charge is 2.10. The van der Waals surface area contributed by atoms with E-state index in [1.807, 2.05) is 25.1 Å². The monoisotopic (exact) mass is 319 g/mol. The number of carbonyl (C=O) groups excluding carboxylic acids is 1.